The van der Waals surface area contributed by atoms with Crippen LogP contribution in [0.4, 0.5) is 0 Å². The molecule has 0 amide bonds. The number of hydrogen-bond donors (Lipinski definition) is 1. The Morgan fingerprint density at radius 3 is 3.09 bits per heavy atom. The van der Waals surface area contributed by atoms with Crippen LogP contribution in [0, 0.1) is 0 Å². The lowest BCUT2D eigenvalue weighted by Gasteiger charge is -2.31. The molecular weight excluding hydrogens is 280 g/mol. The zero-order valence-corrected chi connectivity index (χ0v) is 12.4. The molecule has 0 aliphatic carbocycles. The molecule has 0 bridgehead atoms. The van der Waals surface area contributed by atoms with E-state index in [4.69, 9.17) is 5.11 Å². The first kappa shape index (κ1) is 14.7. The maximum atomic E-state index is 10.7. The fourth-order valence-corrected chi connectivity index (χ4v) is 3.01. The van der Waals surface area contributed by atoms with E-state index in [2.05, 4.69) is 21.0 Å². The van der Waals surface area contributed by atoms with Crippen LogP contribution in [0.3, 0.4) is 0 Å². The lowest BCUT2D eigenvalue weighted by molar-refractivity contribution is -0.137. The molecule has 1 atom stereocenters. The van der Waals surface area contributed by atoms with Gasteiger partial charge >= 0.3 is 5.97 Å². The third-order valence-corrected chi connectivity index (χ3v) is 4.01. The number of likely N-dealkylation sites (tertiary alicyclic amines) is 1. The van der Waals surface area contributed by atoms with Crippen LogP contribution < -0.4 is 0 Å². The van der Waals surface area contributed by atoms with Gasteiger partial charge in [-0.05, 0) is 37.1 Å². The second-order valence-corrected chi connectivity index (χ2v) is 5.77. The van der Waals surface area contributed by atoms with Crippen molar-refractivity contribution in [2.45, 2.75) is 31.8 Å². The normalized spacial score (nSPS) is 19.2. The van der Waals surface area contributed by atoms with E-state index in [0.717, 1.165) is 38.2 Å². The first-order valence-electron chi connectivity index (χ1n) is 7.57. The molecule has 1 unspecified atom stereocenters. The Labute approximate surface area is 129 Å². The maximum Gasteiger partial charge on any atom is 0.325 e. The van der Waals surface area contributed by atoms with E-state index in [1.165, 1.54) is 10.2 Å². The minimum Gasteiger partial charge on any atom is -0.480 e. The molecule has 22 heavy (non-hydrogen) atoms. The summed E-state index contributed by atoms with van der Waals surface area (Å²) in [5.74, 6) is -0.489. The van der Waals surface area contributed by atoms with Gasteiger partial charge in [-0.3, -0.25) is 19.4 Å². The summed E-state index contributed by atoms with van der Waals surface area (Å²) in [4.78, 5) is 17.3. The van der Waals surface area contributed by atoms with E-state index in [9.17, 15) is 4.79 Å². The molecule has 0 radical (unpaired) electrons. The molecule has 1 aliphatic rings. The minimum absolute atomic E-state index is 0.0773. The highest BCUT2D eigenvalue weighted by atomic mass is 16.4. The minimum atomic E-state index is -0.864. The van der Waals surface area contributed by atoms with Crippen LogP contribution in [0.15, 0.2) is 36.8 Å². The molecule has 1 fully saturated rings. The van der Waals surface area contributed by atoms with Gasteiger partial charge in [-0.1, -0.05) is 6.07 Å². The van der Waals surface area contributed by atoms with E-state index >= 15 is 0 Å². The average molecular weight is 300 g/mol. The molecule has 116 valence electrons. The van der Waals surface area contributed by atoms with E-state index in [1.54, 1.807) is 12.4 Å². The first-order valence-corrected chi connectivity index (χ1v) is 7.57. The summed E-state index contributed by atoms with van der Waals surface area (Å²) in [7, 11) is 0. The molecular formula is C16H20N4O2. The Balaban J connectivity index is 1.62. The van der Waals surface area contributed by atoms with E-state index < -0.39 is 5.97 Å². The van der Waals surface area contributed by atoms with Gasteiger partial charge in [0.1, 0.15) is 6.54 Å². The monoisotopic (exact) mass is 300 g/mol. The highest BCUT2D eigenvalue weighted by molar-refractivity contribution is 5.66. The Hall–Kier alpha value is -2.21. The topological polar surface area (TPSA) is 71.2 Å². The predicted molar refractivity (Wildman–Crippen MR) is 81.4 cm³/mol. The van der Waals surface area contributed by atoms with Gasteiger partial charge in [-0.25, -0.2) is 0 Å². The smallest absolute Gasteiger partial charge is 0.325 e. The summed E-state index contributed by atoms with van der Waals surface area (Å²) < 4.78 is 1.50. The van der Waals surface area contributed by atoms with Crippen LogP contribution in [0.5, 0.6) is 0 Å². The van der Waals surface area contributed by atoms with Gasteiger partial charge in [-0.15, -0.1) is 0 Å². The van der Waals surface area contributed by atoms with Crippen molar-refractivity contribution in [1.82, 2.24) is 19.7 Å². The van der Waals surface area contributed by atoms with Crippen LogP contribution in [0.25, 0.3) is 0 Å². The number of carboxylic acid groups (broad SMARTS) is 1. The van der Waals surface area contributed by atoms with Crippen LogP contribution >= 0.6 is 0 Å². The number of pyridine rings is 1. The molecule has 1 aliphatic heterocycles. The molecule has 6 nitrogen and oxygen atoms in total. The molecule has 3 rings (SSSR count). The largest absolute Gasteiger partial charge is 0.480 e. The van der Waals surface area contributed by atoms with Crippen molar-refractivity contribution in [2.75, 3.05) is 13.1 Å². The Bertz CT molecular complexity index is 626. The Kier molecular flexibility index (Phi) is 4.48. The molecule has 0 saturated carbocycles. The third-order valence-electron chi connectivity index (χ3n) is 4.01. The number of rotatable bonds is 5. The average Bonchev–Trinajstić information content (AvgIpc) is 2.96. The second-order valence-electron chi connectivity index (χ2n) is 5.77. The van der Waals surface area contributed by atoms with Crippen molar-refractivity contribution >= 4 is 5.97 Å². The van der Waals surface area contributed by atoms with E-state index in [-0.39, 0.29) is 6.54 Å². The van der Waals surface area contributed by atoms with Gasteiger partial charge < -0.3 is 5.11 Å². The second kappa shape index (κ2) is 6.70. The number of carboxylic acids is 1. The number of hydrogen-bond acceptors (Lipinski definition) is 4. The molecule has 6 heteroatoms. The van der Waals surface area contributed by atoms with Crippen LogP contribution in [0.1, 0.15) is 30.0 Å². The van der Waals surface area contributed by atoms with E-state index in [1.807, 2.05) is 18.3 Å². The zero-order chi connectivity index (χ0) is 15.4. The summed E-state index contributed by atoms with van der Waals surface area (Å²) in [6.45, 7) is 2.87. The summed E-state index contributed by atoms with van der Waals surface area (Å²) >= 11 is 0. The van der Waals surface area contributed by atoms with Crippen molar-refractivity contribution < 1.29 is 9.90 Å². The molecule has 3 heterocycles. The van der Waals surface area contributed by atoms with Crippen LogP contribution in [0.2, 0.25) is 0 Å². The standard InChI is InChI=1S/C16H20N4O2/c21-16(22)12-20-8-5-15(18-20)14-4-2-7-19(11-14)10-13-3-1-6-17-9-13/h1,3,5-6,8-9,14H,2,4,7,10-12H2,(H,21,22). The number of aliphatic carboxylic acids is 1. The fraction of sp³-hybridized carbons (Fsp3) is 0.438. The Morgan fingerprint density at radius 2 is 2.32 bits per heavy atom. The number of aromatic nitrogens is 3. The lowest BCUT2D eigenvalue weighted by atomic mass is 9.95. The number of piperidine rings is 1. The van der Waals surface area contributed by atoms with Crippen molar-refractivity contribution in [1.29, 1.82) is 0 Å². The summed E-state index contributed by atoms with van der Waals surface area (Å²) in [6.07, 6.45) is 7.69. The third kappa shape index (κ3) is 3.71. The SMILES string of the molecule is O=C(O)Cn1ccc(C2CCCN(Cc3cccnc3)C2)n1. The fourth-order valence-electron chi connectivity index (χ4n) is 3.01. The molecule has 0 aromatic carbocycles. The summed E-state index contributed by atoms with van der Waals surface area (Å²) in [5, 5.41) is 13.2. The van der Waals surface area contributed by atoms with Crippen LogP contribution in [-0.4, -0.2) is 43.8 Å². The molecule has 1 N–H and O–H groups in total. The summed E-state index contributed by atoms with van der Waals surface area (Å²) in [6, 6.07) is 6.00. The molecule has 2 aromatic heterocycles. The molecule has 2 aromatic rings. The van der Waals surface area contributed by atoms with Gasteiger partial charge in [0.05, 0.1) is 5.69 Å². The van der Waals surface area contributed by atoms with Gasteiger partial charge in [0.25, 0.3) is 0 Å². The number of nitrogens with zero attached hydrogens (tertiary/aromatic N) is 4. The summed E-state index contributed by atoms with van der Waals surface area (Å²) in [5.41, 5.74) is 2.22. The molecule has 1 saturated heterocycles. The van der Waals surface area contributed by atoms with E-state index in [0.29, 0.717) is 5.92 Å². The number of carbonyl (C=O) groups is 1. The highest BCUT2D eigenvalue weighted by Crippen LogP contribution is 2.26. The zero-order valence-electron chi connectivity index (χ0n) is 12.4. The van der Waals surface area contributed by atoms with Gasteiger partial charge in [-0.2, -0.15) is 5.10 Å². The predicted octanol–water partition coefficient (Wildman–Crippen LogP) is 1.74. The van der Waals surface area contributed by atoms with Crippen molar-refractivity contribution in [3.05, 3.63) is 48.0 Å². The molecule has 0 spiro atoms. The van der Waals surface area contributed by atoms with Gasteiger partial charge in [0.2, 0.25) is 0 Å². The van der Waals surface area contributed by atoms with Crippen molar-refractivity contribution in [2.24, 2.45) is 0 Å². The highest BCUT2D eigenvalue weighted by Gasteiger charge is 2.23. The quantitative estimate of drug-likeness (QED) is 0.910. The Morgan fingerprint density at radius 1 is 1.41 bits per heavy atom. The maximum absolute atomic E-state index is 10.7. The van der Waals surface area contributed by atoms with Crippen LogP contribution in [-0.2, 0) is 17.9 Å². The van der Waals surface area contributed by atoms with Gasteiger partial charge in [0.15, 0.2) is 0 Å². The van der Waals surface area contributed by atoms with Crippen molar-refractivity contribution in [3.8, 4) is 0 Å². The van der Waals surface area contributed by atoms with Gasteiger partial charge in [0, 0.05) is 37.6 Å². The first-order chi connectivity index (χ1) is 10.7. The lowest BCUT2D eigenvalue weighted by Crippen LogP contribution is -2.34. The van der Waals surface area contributed by atoms with Crippen molar-refractivity contribution in [3.63, 3.8) is 0 Å².